The molecule has 0 radical (unpaired) electrons. The highest BCUT2D eigenvalue weighted by Gasteiger charge is 2.13. The molecule has 0 unspecified atom stereocenters. The summed E-state index contributed by atoms with van der Waals surface area (Å²) in [4.78, 5) is 12.9. The molecule has 4 rings (SSSR count). The Morgan fingerprint density at radius 2 is 2.00 bits per heavy atom. The topological polar surface area (TPSA) is 175 Å². The average molecular weight is 407 g/mol. The van der Waals surface area contributed by atoms with Crippen molar-refractivity contribution in [3.05, 3.63) is 53.8 Å². The number of hydrazine groups is 1. The summed E-state index contributed by atoms with van der Waals surface area (Å²) in [6.45, 7) is 0.600. The minimum absolute atomic E-state index is 0.178. The third kappa shape index (κ3) is 4.12. The van der Waals surface area contributed by atoms with Gasteiger partial charge in [0, 0.05) is 19.2 Å². The number of nitrogens with one attached hydrogen (secondary N) is 1. The van der Waals surface area contributed by atoms with Gasteiger partial charge in [0.2, 0.25) is 17.7 Å². The van der Waals surface area contributed by atoms with E-state index in [4.69, 9.17) is 21.7 Å². The number of amidine groups is 1. The number of furan rings is 1. The lowest BCUT2D eigenvalue weighted by molar-refractivity contribution is 0.371. The number of anilines is 2. The molecule has 3 heterocycles. The van der Waals surface area contributed by atoms with Gasteiger partial charge in [-0.05, 0) is 24.1 Å². The Balaban J connectivity index is 1.41. The van der Waals surface area contributed by atoms with E-state index in [1.54, 1.807) is 25.4 Å². The molecule has 0 saturated carbocycles. The minimum atomic E-state index is 0.178. The summed E-state index contributed by atoms with van der Waals surface area (Å²) in [7, 11) is 1.61. The highest BCUT2D eigenvalue weighted by Crippen LogP contribution is 2.17. The molecule has 1 aromatic carbocycles. The van der Waals surface area contributed by atoms with Gasteiger partial charge in [-0.25, -0.2) is 11.0 Å². The van der Waals surface area contributed by atoms with Crippen LogP contribution in [0.25, 0.3) is 17.4 Å². The lowest BCUT2D eigenvalue weighted by Crippen LogP contribution is -2.25. The van der Waals surface area contributed by atoms with Crippen molar-refractivity contribution >= 4 is 23.5 Å². The van der Waals surface area contributed by atoms with E-state index in [0.29, 0.717) is 35.7 Å². The van der Waals surface area contributed by atoms with Crippen molar-refractivity contribution in [2.24, 2.45) is 16.7 Å². The van der Waals surface area contributed by atoms with Gasteiger partial charge in [-0.1, -0.05) is 24.3 Å². The molecule has 7 N–H and O–H groups in total. The molecule has 3 aromatic heterocycles. The van der Waals surface area contributed by atoms with E-state index >= 15 is 0 Å². The zero-order chi connectivity index (χ0) is 21.1. The number of hydrogen-bond acceptors (Lipinski definition) is 10. The fraction of sp³-hybridized carbons (Fsp3) is 0.167. The highest BCUT2D eigenvalue weighted by molar-refractivity contribution is 5.97. The lowest BCUT2D eigenvalue weighted by Gasteiger charge is -2.08. The Morgan fingerprint density at radius 1 is 1.20 bits per heavy atom. The molecular formula is C18H21N11O. The Labute approximate surface area is 171 Å². The first-order valence-electron chi connectivity index (χ1n) is 9.09. The first-order valence-corrected chi connectivity index (χ1v) is 9.09. The van der Waals surface area contributed by atoms with E-state index in [2.05, 4.69) is 30.5 Å². The lowest BCUT2D eigenvalue weighted by atomic mass is 10.1. The molecule has 4 aromatic rings. The summed E-state index contributed by atoms with van der Waals surface area (Å²) >= 11 is 0. The minimum Gasteiger partial charge on any atom is -0.461 e. The zero-order valence-corrected chi connectivity index (χ0v) is 16.2. The van der Waals surface area contributed by atoms with E-state index in [0.717, 1.165) is 17.5 Å². The van der Waals surface area contributed by atoms with Crippen LogP contribution in [0.2, 0.25) is 0 Å². The molecule has 0 atom stereocenters. The molecule has 0 aliphatic heterocycles. The predicted octanol–water partition coefficient (Wildman–Crippen LogP) is 0.442. The SMILES string of the molecule is CN(N)/N=C(\N)c1ccc(CCNc2nc(N)n3nc(-c4ccco4)nc3n2)cc1. The maximum atomic E-state index is 5.99. The summed E-state index contributed by atoms with van der Waals surface area (Å²) in [5, 5.41) is 12.6. The highest BCUT2D eigenvalue weighted by atomic mass is 16.3. The van der Waals surface area contributed by atoms with Crippen LogP contribution in [-0.4, -0.2) is 49.1 Å². The summed E-state index contributed by atoms with van der Waals surface area (Å²) in [5.74, 6) is 7.63. The van der Waals surface area contributed by atoms with Gasteiger partial charge in [0.1, 0.15) is 0 Å². The predicted molar refractivity (Wildman–Crippen MR) is 112 cm³/mol. The first-order chi connectivity index (χ1) is 14.5. The maximum absolute atomic E-state index is 5.99. The summed E-state index contributed by atoms with van der Waals surface area (Å²) in [6.07, 6.45) is 2.29. The van der Waals surface area contributed by atoms with Crippen LogP contribution in [0, 0.1) is 0 Å². The first kappa shape index (κ1) is 19.1. The van der Waals surface area contributed by atoms with Gasteiger partial charge in [0.15, 0.2) is 11.6 Å². The van der Waals surface area contributed by atoms with Crippen molar-refractivity contribution < 1.29 is 4.42 Å². The van der Waals surface area contributed by atoms with Crippen molar-refractivity contribution in [1.82, 2.24) is 29.7 Å². The third-order valence-electron chi connectivity index (χ3n) is 4.19. The van der Waals surface area contributed by atoms with Crippen molar-refractivity contribution in [2.45, 2.75) is 6.42 Å². The van der Waals surface area contributed by atoms with Gasteiger partial charge >= 0.3 is 0 Å². The number of hydrazone groups is 1. The van der Waals surface area contributed by atoms with Gasteiger partial charge in [0.05, 0.1) is 6.26 Å². The van der Waals surface area contributed by atoms with Gasteiger partial charge in [-0.15, -0.1) is 10.2 Å². The molecule has 12 heteroatoms. The van der Waals surface area contributed by atoms with Crippen molar-refractivity contribution in [1.29, 1.82) is 0 Å². The molecule has 0 fully saturated rings. The molecule has 0 spiro atoms. The van der Waals surface area contributed by atoms with Crippen molar-refractivity contribution in [2.75, 3.05) is 24.6 Å². The van der Waals surface area contributed by atoms with Crippen LogP contribution in [-0.2, 0) is 6.42 Å². The molecule has 154 valence electrons. The van der Waals surface area contributed by atoms with E-state index in [9.17, 15) is 0 Å². The fourth-order valence-electron chi connectivity index (χ4n) is 2.78. The molecule has 0 saturated heterocycles. The quantitative estimate of drug-likeness (QED) is 0.146. The molecule has 0 bridgehead atoms. The van der Waals surface area contributed by atoms with Crippen LogP contribution < -0.4 is 22.6 Å². The number of aromatic nitrogens is 5. The van der Waals surface area contributed by atoms with Gasteiger partial charge in [0.25, 0.3) is 5.78 Å². The normalized spacial score (nSPS) is 11.7. The Morgan fingerprint density at radius 3 is 2.70 bits per heavy atom. The fourth-order valence-corrected chi connectivity index (χ4v) is 2.78. The molecule has 0 aliphatic carbocycles. The molecule has 30 heavy (non-hydrogen) atoms. The second-order valence-corrected chi connectivity index (χ2v) is 6.46. The Bertz CT molecular complexity index is 1160. The van der Waals surface area contributed by atoms with E-state index in [1.807, 2.05) is 24.3 Å². The van der Waals surface area contributed by atoms with E-state index in [-0.39, 0.29) is 5.95 Å². The number of nitrogens with two attached hydrogens (primary N) is 3. The summed E-state index contributed by atoms with van der Waals surface area (Å²) in [5.41, 5.74) is 13.8. The van der Waals surface area contributed by atoms with E-state index < -0.39 is 0 Å². The molecule has 0 amide bonds. The zero-order valence-electron chi connectivity index (χ0n) is 16.2. The van der Waals surface area contributed by atoms with Crippen molar-refractivity contribution in [3.8, 4) is 11.6 Å². The number of nitrogen functional groups attached to an aromatic ring is 1. The number of rotatable bonds is 7. The number of benzene rings is 1. The van der Waals surface area contributed by atoms with Crippen LogP contribution in [0.1, 0.15) is 11.1 Å². The van der Waals surface area contributed by atoms with Gasteiger partial charge in [-0.3, -0.25) is 0 Å². The Kier molecular flexibility index (Phi) is 5.13. The molecular weight excluding hydrogens is 386 g/mol. The smallest absolute Gasteiger partial charge is 0.259 e. The summed E-state index contributed by atoms with van der Waals surface area (Å²) in [6, 6.07) is 11.3. The second kappa shape index (κ2) is 8.05. The second-order valence-electron chi connectivity index (χ2n) is 6.46. The monoisotopic (exact) mass is 407 g/mol. The van der Waals surface area contributed by atoms with Crippen molar-refractivity contribution in [3.63, 3.8) is 0 Å². The maximum Gasteiger partial charge on any atom is 0.259 e. The third-order valence-corrected chi connectivity index (χ3v) is 4.19. The largest absolute Gasteiger partial charge is 0.461 e. The number of fused-ring (bicyclic) bond motifs is 1. The molecule has 12 nitrogen and oxygen atoms in total. The summed E-state index contributed by atoms with van der Waals surface area (Å²) < 4.78 is 6.68. The van der Waals surface area contributed by atoms with Crippen LogP contribution in [0.3, 0.4) is 0 Å². The molecule has 0 aliphatic rings. The van der Waals surface area contributed by atoms with Gasteiger partial charge < -0.3 is 21.2 Å². The van der Waals surface area contributed by atoms with Gasteiger partial charge in [-0.2, -0.15) is 19.5 Å². The van der Waals surface area contributed by atoms with E-state index in [1.165, 1.54) is 9.63 Å². The van der Waals surface area contributed by atoms with Crippen LogP contribution in [0.4, 0.5) is 11.9 Å². The number of nitrogens with zero attached hydrogens (tertiary/aromatic N) is 7. The van der Waals surface area contributed by atoms with Crippen LogP contribution in [0.5, 0.6) is 0 Å². The van der Waals surface area contributed by atoms with Crippen LogP contribution in [0.15, 0.2) is 52.2 Å². The average Bonchev–Trinajstić information content (AvgIpc) is 3.38. The number of hydrogen-bond donors (Lipinski definition) is 4. The Hall–Kier alpha value is -4.19. The standard InChI is InChI=1S/C18H21N11O/c1-28(21)26-14(19)12-6-4-11(5-7-12)8-9-22-17-24-16(20)29-18(25-17)23-15(27-29)13-3-2-10-30-13/h2-7,10H,8-9,21H2,1H3,(H2,19,26)(H3,20,22,23,24,25,27). The van der Waals surface area contributed by atoms with Crippen LogP contribution >= 0.6 is 0 Å².